The van der Waals surface area contributed by atoms with Crippen LogP contribution in [0, 0.1) is 26.0 Å². The summed E-state index contributed by atoms with van der Waals surface area (Å²) in [6.07, 6.45) is 0. The second-order valence-electron chi connectivity index (χ2n) is 2.47. The van der Waals surface area contributed by atoms with Gasteiger partial charge in [-0.15, -0.1) is 0 Å². The smallest absolute Gasteiger partial charge is 0.313 e. The first-order valence-corrected chi connectivity index (χ1v) is 4.21. The second kappa shape index (κ2) is 3.77. The molecule has 0 spiro atoms. The highest BCUT2D eigenvalue weighted by molar-refractivity contribution is 9.10. The molecule has 0 radical (unpaired) electrons. The zero-order chi connectivity index (χ0) is 11.7. The second-order valence-corrected chi connectivity index (χ2v) is 3.26. The van der Waals surface area contributed by atoms with E-state index >= 15 is 0 Å². The van der Waals surface area contributed by atoms with Crippen LogP contribution in [-0.2, 0) is 0 Å². The van der Waals surface area contributed by atoms with Gasteiger partial charge in [0.2, 0.25) is 5.82 Å². The molecular formula is C6H3BrFN3O4. The van der Waals surface area contributed by atoms with Crippen molar-refractivity contribution in [1.29, 1.82) is 0 Å². The van der Waals surface area contributed by atoms with E-state index in [-0.39, 0.29) is 0 Å². The molecule has 0 heterocycles. The lowest BCUT2D eigenvalue weighted by Gasteiger charge is -2.01. The van der Waals surface area contributed by atoms with Crippen LogP contribution >= 0.6 is 15.9 Å². The van der Waals surface area contributed by atoms with E-state index in [4.69, 9.17) is 5.73 Å². The first-order chi connectivity index (χ1) is 6.86. The molecular weight excluding hydrogens is 277 g/mol. The van der Waals surface area contributed by atoms with E-state index in [1.165, 1.54) is 0 Å². The highest BCUT2D eigenvalue weighted by atomic mass is 79.9. The molecule has 0 aliphatic rings. The molecule has 0 aromatic heterocycles. The highest BCUT2D eigenvalue weighted by Crippen LogP contribution is 2.37. The fourth-order valence-corrected chi connectivity index (χ4v) is 1.30. The summed E-state index contributed by atoms with van der Waals surface area (Å²) in [7, 11) is 0. The summed E-state index contributed by atoms with van der Waals surface area (Å²) in [5.74, 6) is -1.23. The molecule has 1 aromatic carbocycles. The van der Waals surface area contributed by atoms with Crippen molar-refractivity contribution in [3.05, 3.63) is 36.6 Å². The molecule has 15 heavy (non-hydrogen) atoms. The topological polar surface area (TPSA) is 112 Å². The molecule has 7 nitrogen and oxygen atoms in total. The van der Waals surface area contributed by atoms with Crippen molar-refractivity contribution in [2.24, 2.45) is 0 Å². The van der Waals surface area contributed by atoms with Gasteiger partial charge in [0.25, 0.3) is 5.69 Å². The van der Waals surface area contributed by atoms with Gasteiger partial charge in [-0.3, -0.25) is 20.2 Å². The minimum absolute atomic E-state index is 0.482. The third kappa shape index (κ3) is 1.86. The van der Waals surface area contributed by atoms with E-state index in [2.05, 4.69) is 15.9 Å². The Bertz CT molecular complexity index is 426. The molecule has 0 aliphatic carbocycles. The molecule has 0 saturated carbocycles. The maximum Gasteiger partial charge on any atom is 0.313 e. The number of nitro groups is 2. The zero-order valence-corrected chi connectivity index (χ0v) is 8.52. The first-order valence-electron chi connectivity index (χ1n) is 3.42. The molecule has 0 fully saturated rings. The van der Waals surface area contributed by atoms with Crippen LogP contribution in [0.1, 0.15) is 0 Å². The van der Waals surface area contributed by atoms with Crippen LogP contribution < -0.4 is 5.73 Å². The van der Waals surface area contributed by atoms with Crippen LogP contribution in [0.15, 0.2) is 10.5 Å². The highest BCUT2D eigenvalue weighted by Gasteiger charge is 2.27. The molecule has 9 heteroatoms. The summed E-state index contributed by atoms with van der Waals surface area (Å²) >= 11 is 2.61. The van der Waals surface area contributed by atoms with Crippen molar-refractivity contribution in [2.75, 3.05) is 5.73 Å². The Morgan fingerprint density at radius 3 is 2.13 bits per heavy atom. The lowest BCUT2D eigenvalue weighted by molar-refractivity contribution is -0.395. The number of hydrogen-bond acceptors (Lipinski definition) is 5. The fourth-order valence-electron chi connectivity index (χ4n) is 0.898. The van der Waals surface area contributed by atoms with Gasteiger partial charge in [-0.05, 0) is 15.9 Å². The number of nitrogens with two attached hydrogens (primary N) is 1. The number of halogens is 2. The molecule has 1 rings (SSSR count). The Hall–Kier alpha value is -1.77. The zero-order valence-electron chi connectivity index (χ0n) is 6.94. The molecule has 0 unspecified atom stereocenters. The van der Waals surface area contributed by atoms with Gasteiger partial charge < -0.3 is 5.73 Å². The molecule has 0 bridgehead atoms. The number of nitrogens with zero attached hydrogens (tertiary/aromatic N) is 2. The van der Waals surface area contributed by atoms with Crippen molar-refractivity contribution in [3.63, 3.8) is 0 Å². The lowest BCUT2D eigenvalue weighted by atomic mass is 10.2. The number of anilines is 1. The number of rotatable bonds is 2. The predicted octanol–water partition coefficient (Wildman–Crippen LogP) is 1.99. The number of nitrogen functional groups attached to an aromatic ring is 1. The summed E-state index contributed by atoms with van der Waals surface area (Å²) in [6, 6.07) is 0.482. The van der Waals surface area contributed by atoms with Crippen LogP contribution in [0.25, 0.3) is 0 Å². The molecule has 80 valence electrons. The summed E-state index contributed by atoms with van der Waals surface area (Å²) in [5.41, 5.74) is 3.01. The summed E-state index contributed by atoms with van der Waals surface area (Å²) in [4.78, 5) is 18.8. The Kier molecular flexibility index (Phi) is 2.84. The molecule has 0 saturated heterocycles. The third-order valence-corrected chi connectivity index (χ3v) is 2.37. The normalized spacial score (nSPS) is 10.0. The van der Waals surface area contributed by atoms with Gasteiger partial charge in [0, 0.05) is 0 Å². The van der Waals surface area contributed by atoms with E-state index in [1.54, 1.807) is 0 Å². The van der Waals surface area contributed by atoms with E-state index in [9.17, 15) is 24.6 Å². The van der Waals surface area contributed by atoms with Crippen LogP contribution in [0.2, 0.25) is 0 Å². The van der Waals surface area contributed by atoms with E-state index < -0.39 is 37.2 Å². The van der Waals surface area contributed by atoms with Gasteiger partial charge >= 0.3 is 5.69 Å². The SMILES string of the molecule is Nc1c([N+](=O)[O-])cc([N+](=O)[O-])c(F)c1Br. The molecule has 0 atom stereocenters. The summed E-state index contributed by atoms with van der Waals surface area (Å²) < 4.78 is 12.7. The van der Waals surface area contributed by atoms with Crippen LogP contribution in [-0.4, -0.2) is 9.85 Å². The van der Waals surface area contributed by atoms with Crippen LogP contribution in [0.5, 0.6) is 0 Å². The number of benzene rings is 1. The Balaban J connectivity index is 3.59. The molecule has 0 aliphatic heterocycles. The van der Waals surface area contributed by atoms with Gasteiger partial charge in [0.05, 0.1) is 20.4 Å². The predicted molar refractivity (Wildman–Crippen MR) is 51.8 cm³/mol. The molecule has 0 amide bonds. The molecule has 1 aromatic rings. The van der Waals surface area contributed by atoms with Crippen LogP contribution in [0.3, 0.4) is 0 Å². The van der Waals surface area contributed by atoms with Gasteiger partial charge in [0.15, 0.2) is 0 Å². The van der Waals surface area contributed by atoms with Gasteiger partial charge in [-0.2, -0.15) is 4.39 Å². The summed E-state index contributed by atoms with van der Waals surface area (Å²) in [6.45, 7) is 0. The van der Waals surface area contributed by atoms with E-state index in [0.717, 1.165) is 0 Å². The van der Waals surface area contributed by atoms with Crippen molar-refractivity contribution >= 4 is 33.0 Å². The van der Waals surface area contributed by atoms with Crippen molar-refractivity contribution in [2.45, 2.75) is 0 Å². The number of nitro benzene ring substituents is 2. The Morgan fingerprint density at radius 1 is 1.27 bits per heavy atom. The van der Waals surface area contributed by atoms with Crippen molar-refractivity contribution in [1.82, 2.24) is 0 Å². The average Bonchev–Trinajstić information content (AvgIpc) is 2.13. The standard InChI is InChI=1S/C6H3BrFN3O4/c7-4-5(8)2(10(12)13)1-3(6(4)9)11(14)15/h1H,9H2. The van der Waals surface area contributed by atoms with E-state index in [0.29, 0.717) is 6.07 Å². The lowest BCUT2D eigenvalue weighted by Crippen LogP contribution is -2.02. The maximum absolute atomic E-state index is 13.2. The largest absolute Gasteiger partial charge is 0.392 e. The Morgan fingerprint density at radius 2 is 1.73 bits per heavy atom. The summed E-state index contributed by atoms with van der Waals surface area (Å²) in [5, 5.41) is 20.8. The van der Waals surface area contributed by atoms with Gasteiger partial charge in [-0.25, -0.2) is 0 Å². The minimum Gasteiger partial charge on any atom is -0.392 e. The number of hydrogen-bond donors (Lipinski definition) is 1. The Labute approximate surface area is 90.1 Å². The van der Waals surface area contributed by atoms with Crippen molar-refractivity contribution in [3.8, 4) is 0 Å². The molecule has 2 N–H and O–H groups in total. The third-order valence-electron chi connectivity index (χ3n) is 1.60. The fraction of sp³-hybridized carbons (Fsp3) is 0. The average molecular weight is 280 g/mol. The minimum atomic E-state index is -1.23. The monoisotopic (exact) mass is 279 g/mol. The van der Waals surface area contributed by atoms with Gasteiger partial charge in [0.1, 0.15) is 5.69 Å². The van der Waals surface area contributed by atoms with Crippen molar-refractivity contribution < 1.29 is 14.2 Å². The van der Waals surface area contributed by atoms with Gasteiger partial charge in [-0.1, -0.05) is 0 Å². The van der Waals surface area contributed by atoms with E-state index in [1.807, 2.05) is 0 Å². The maximum atomic E-state index is 13.2. The first kappa shape index (κ1) is 11.3. The van der Waals surface area contributed by atoms with Crippen LogP contribution in [0.4, 0.5) is 21.5 Å². The quantitative estimate of drug-likeness (QED) is 0.505.